The summed E-state index contributed by atoms with van der Waals surface area (Å²) in [6.45, 7) is 1.99. The topological polar surface area (TPSA) is 62.3 Å². The third-order valence-electron chi connectivity index (χ3n) is 2.24. The lowest BCUT2D eigenvalue weighted by Gasteiger charge is -2.10. The number of aromatic nitrogens is 1. The lowest BCUT2D eigenvalue weighted by atomic mass is 10.2. The number of fused-ring (bicyclic) bond motifs is 1. The first kappa shape index (κ1) is 12.3. The molecule has 0 aliphatic heterocycles. The fourth-order valence-electron chi connectivity index (χ4n) is 1.28. The molecule has 2 aromatic rings. The van der Waals surface area contributed by atoms with Gasteiger partial charge in [-0.2, -0.15) is 12.7 Å². The van der Waals surface area contributed by atoms with E-state index >= 15 is 0 Å². The molecule has 0 bridgehead atoms. The van der Waals surface area contributed by atoms with Crippen molar-refractivity contribution < 1.29 is 8.42 Å². The van der Waals surface area contributed by atoms with Crippen LogP contribution in [0.15, 0.2) is 18.2 Å². The first-order valence-electron chi connectivity index (χ1n) is 4.96. The minimum atomic E-state index is -3.48. The van der Waals surface area contributed by atoms with E-state index in [0.717, 1.165) is 20.1 Å². The van der Waals surface area contributed by atoms with Crippen LogP contribution in [0.4, 0.5) is 5.13 Å². The van der Waals surface area contributed by atoms with Crippen LogP contribution in [0.3, 0.4) is 0 Å². The molecule has 0 atom stereocenters. The van der Waals surface area contributed by atoms with Gasteiger partial charge in [-0.3, -0.25) is 0 Å². The van der Waals surface area contributed by atoms with Crippen molar-refractivity contribution >= 4 is 36.9 Å². The predicted octanol–water partition coefficient (Wildman–Crippen LogP) is 1.82. The minimum absolute atomic E-state index is 0.388. The Bertz CT molecular complexity index is 647. The fraction of sp³-hybridized carbons (Fsp3) is 0.300. The molecule has 0 saturated heterocycles. The van der Waals surface area contributed by atoms with Crippen molar-refractivity contribution in [3.8, 4) is 0 Å². The Morgan fingerprint density at radius 1 is 1.35 bits per heavy atom. The van der Waals surface area contributed by atoms with Gasteiger partial charge < -0.3 is 0 Å². The van der Waals surface area contributed by atoms with E-state index in [2.05, 4.69) is 9.71 Å². The van der Waals surface area contributed by atoms with Crippen LogP contribution < -0.4 is 4.72 Å². The number of rotatable bonds is 3. The molecule has 0 amide bonds. The van der Waals surface area contributed by atoms with Crippen LogP contribution in [0.2, 0.25) is 0 Å². The highest BCUT2D eigenvalue weighted by Gasteiger charge is 2.15. The van der Waals surface area contributed by atoms with E-state index in [9.17, 15) is 8.42 Å². The number of nitrogens with one attached hydrogen (secondary N) is 1. The van der Waals surface area contributed by atoms with Gasteiger partial charge in [0.15, 0.2) is 5.13 Å². The zero-order valence-corrected chi connectivity index (χ0v) is 11.4. The average molecular weight is 271 g/mol. The molecule has 0 radical (unpaired) electrons. The molecular formula is C10H13N3O2S2. The standard InChI is InChI=1S/C10H13N3O2S2/c1-7-4-5-8-9(6-7)16-10(11-8)12-17(14,15)13(2)3/h4-6H,1-3H3,(H,11,12). The van der Waals surface area contributed by atoms with E-state index in [-0.39, 0.29) is 0 Å². The van der Waals surface area contributed by atoms with E-state index < -0.39 is 10.2 Å². The Balaban J connectivity index is 2.38. The summed E-state index contributed by atoms with van der Waals surface area (Å²) in [4.78, 5) is 4.22. The molecule has 0 spiro atoms. The SMILES string of the molecule is Cc1ccc2nc(NS(=O)(=O)N(C)C)sc2c1. The second-order valence-electron chi connectivity index (χ2n) is 3.88. The molecule has 0 aliphatic rings. The summed E-state index contributed by atoms with van der Waals surface area (Å²) in [5.74, 6) is 0. The molecule has 0 saturated carbocycles. The lowest BCUT2D eigenvalue weighted by molar-refractivity contribution is 0.527. The molecule has 1 N–H and O–H groups in total. The van der Waals surface area contributed by atoms with Crippen molar-refractivity contribution in [2.24, 2.45) is 0 Å². The molecule has 17 heavy (non-hydrogen) atoms. The number of hydrogen-bond acceptors (Lipinski definition) is 4. The van der Waals surface area contributed by atoms with Crippen molar-refractivity contribution in [3.05, 3.63) is 23.8 Å². The van der Waals surface area contributed by atoms with E-state index in [0.29, 0.717) is 5.13 Å². The second-order valence-corrected chi connectivity index (χ2v) is 6.79. The van der Waals surface area contributed by atoms with Gasteiger partial charge in [-0.1, -0.05) is 17.4 Å². The maximum absolute atomic E-state index is 11.6. The average Bonchev–Trinajstić information content (AvgIpc) is 2.57. The van der Waals surface area contributed by atoms with Crippen molar-refractivity contribution in [2.75, 3.05) is 18.8 Å². The highest BCUT2D eigenvalue weighted by molar-refractivity contribution is 7.90. The van der Waals surface area contributed by atoms with Gasteiger partial charge in [0, 0.05) is 14.1 Å². The second kappa shape index (κ2) is 4.25. The highest BCUT2D eigenvalue weighted by atomic mass is 32.2. The van der Waals surface area contributed by atoms with Crippen LogP contribution in [-0.2, 0) is 10.2 Å². The normalized spacial score (nSPS) is 12.2. The summed E-state index contributed by atoms with van der Waals surface area (Å²) in [5, 5.41) is 0.388. The molecule has 1 aromatic heterocycles. The first-order valence-corrected chi connectivity index (χ1v) is 7.21. The van der Waals surface area contributed by atoms with Crippen molar-refractivity contribution in [2.45, 2.75) is 6.92 Å². The fourth-order valence-corrected chi connectivity index (χ4v) is 3.02. The molecule has 0 fully saturated rings. The molecule has 0 unspecified atom stereocenters. The summed E-state index contributed by atoms with van der Waals surface area (Å²) in [6.07, 6.45) is 0. The Morgan fingerprint density at radius 2 is 2.06 bits per heavy atom. The number of aryl methyl sites for hydroxylation is 1. The van der Waals surface area contributed by atoms with Gasteiger partial charge in [-0.05, 0) is 24.6 Å². The Hall–Kier alpha value is -1.18. The molecule has 5 nitrogen and oxygen atoms in total. The van der Waals surface area contributed by atoms with E-state index in [4.69, 9.17) is 0 Å². The van der Waals surface area contributed by atoms with Crippen LogP contribution >= 0.6 is 11.3 Å². The molecule has 7 heteroatoms. The third-order valence-corrected chi connectivity index (χ3v) is 4.72. The summed E-state index contributed by atoms with van der Waals surface area (Å²) >= 11 is 1.33. The lowest BCUT2D eigenvalue weighted by Crippen LogP contribution is -2.28. The number of thiazole rings is 1. The molecule has 92 valence electrons. The van der Waals surface area contributed by atoms with Crippen molar-refractivity contribution in [1.82, 2.24) is 9.29 Å². The summed E-state index contributed by atoms with van der Waals surface area (Å²) in [7, 11) is -0.534. The minimum Gasteiger partial charge on any atom is -0.246 e. The van der Waals surface area contributed by atoms with Gasteiger partial charge in [0.2, 0.25) is 0 Å². The molecule has 1 heterocycles. The number of hydrogen-bond donors (Lipinski definition) is 1. The zero-order chi connectivity index (χ0) is 12.6. The Morgan fingerprint density at radius 3 is 2.71 bits per heavy atom. The third kappa shape index (κ3) is 2.56. The number of nitrogens with zero attached hydrogens (tertiary/aromatic N) is 2. The summed E-state index contributed by atoms with van der Waals surface area (Å²) < 4.78 is 27.8. The van der Waals surface area contributed by atoms with Crippen LogP contribution in [0.1, 0.15) is 5.56 Å². The van der Waals surface area contributed by atoms with Crippen LogP contribution in [0.25, 0.3) is 10.2 Å². The smallest absolute Gasteiger partial charge is 0.246 e. The Kier molecular flexibility index (Phi) is 3.07. The first-order chi connectivity index (χ1) is 7.88. The number of anilines is 1. The quantitative estimate of drug-likeness (QED) is 0.926. The molecule has 0 aliphatic carbocycles. The monoisotopic (exact) mass is 271 g/mol. The van der Waals surface area contributed by atoms with Gasteiger partial charge in [0.1, 0.15) is 0 Å². The van der Waals surface area contributed by atoms with Crippen molar-refractivity contribution in [3.63, 3.8) is 0 Å². The zero-order valence-electron chi connectivity index (χ0n) is 9.76. The maximum atomic E-state index is 11.6. The van der Waals surface area contributed by atoms with Gasteiger partial charge in [-0.25, -0.2) is 9.71 Å². The molecule has 2 rings (SSSR count). The number of benzene rings is 1. The molecular weight excluding hydrogens is 258 g/mol. The van der Waals surface area contributed by atoms with Gasteiger partial charge in [0.25, 0.3) is 0 Å². The summed E-state index contributed by atoms with van der Waals surface area (Å²) in [6, 6.07) is 5.82. The predicted molar refractivity (Wildman–Crippen MR) is 70.6 cm³/mol. The largest absolute Gasteiger partial charge is 0.302 e. The highest BCUT2D eigenvalue weighted by Crippen LogP contribution is 2.27. The van der Waals surface area contributed by atoms with Crippen LogP contribution in [0.5, 0.6) is 0 Å². The van der Waals surface area contributed by atoms with Crippen molar-refractivity contribution in [1.29, 1.82) is 0 Å². The summed E-state index contributed by atoms with van der Waals surface area (Å²) in [5.41, 5.74) is 1.93. The molecule has 1 aromatic carbocycles. The Labute approximate surface area is 104 Å². The van der Waals surface area contributed by atoms with Gasteiger partial charge in [0.05, 0.1) is 10.2 Å². The van der Waals surface area contributed by atoms with E-state index in [1.807, 2.05) is 25.1 Å². The van der Waals surface area contributed by atoms with Crippen LogP contribution in [0, 0.1) is 6.92 Å². The van der Waals surface area contributed by atoms with Crippen LogP contribution in [-0.4, -0.2) is 31.8 Å². The van der Waals surface area contributed by atoms with E-state index in [1.165, 1.54) is 25.4 Å². The maximum Gasteiger partial charge on any atom is 0.302 e. The van der Waals surface area contributed by atoms with Gasteiger partial charge in [-0.15, -0.1) is 0 Å². The van der Waals surface area contributed by atoms with Gasteiger partial charge >= 0.3 is 10.2 Å². The van der Waals surface area contributed by atoms with E-state index in [1.54, 1.807) is 0 Å².